The first-order chi connectivity index (χ1) is 8.49. The van der Waals surface area contributed by atoms with Gasteiger partial charge in [-0.05, 0) is 11.1 Å². The van der Waals surface area contributed by atoms with E-state index in [0.717, 1.165) is 15.8 Å². The summed E-state index contributed by atoms with van der Waals surface area (Å²) in [6.07, 6.45) is -1.47. The van der Waals surface area contributed by atoms with E-state index < -0.39 is 12.7 Å². The van der Waals surface area contributed by atoms with Gasteiger partial charge in [-0.3, -0.25) is 4.68 Å². The number of rotatable bonds is 3. The highest BCUT2D eigenvalue weighted by molar-refractivity contribution is 5.85. The Bertz CT molecular complexity index is 537. The van der Waals surface area contributed by atoms with Crippen LogP contribution in [0.1, 0.15) is 5.56 Å². The molecule has 104 valence electrons. The molecular weight excluding hydrogens is 279 g/mol. The average molecular weight is 292 g/mol. The molecular formula is C12H13ClF3N3. The largest absolute Gasteiger partial charge is 0.408 e. The van der Waals surface area contributed by atoms with Gasteiger partial charge in [0.25, 0.3) is 0 Å². The van der Waals surface area contributed by atoms with Crippen LogP contribution in [-0.4, -0.2) is 16.0 Å². The molecule has 0 spiro atoms. The van der Waals surface area contributed by atoms with E-state index in [0.29, 0.717) is 12.1 Å². The van der Waals surface area contributed by atoms with Gasteiger partial charge in [0.2, 0.25) is 0 Å². The van der Waals surface area contributed by atoms with E-state index in [1.165, 1.54) is 12.4 Å². The van der Waals surface area contributed by atoms with Crippen LogP contribution < -0.4 is 5.73 Å². The maximum Gasteiger partial charge on any atom is 0.408 e. The smallest absolute Gasteiger partial charge is 0.326 e. The Hall–Kier alpha value is -1.53. The van der Waals surface area contributed by atoms with Crippen molar-refractivity contribution in [1.29, 1.82) is 0 Å². The van der Waals surface area contributed by atoms with Crippen molar-refractivity contribution in [3.8, 4) is 11.1 Å². The van der Waals surface area contributed by atoms with Crippen LogP contribution in [-0.2, 0) is 13.1 Å². The van der Waals surface area contributed by atoms with Gasteiger partial charge in [-0.25, -0.2) is 0 Å². The molecule has 1 aromatic carbocycles. The predicted molar refractivity (Wildman–Crippen MR) is 68.9 cm³/mol. The molecule has 0 aliphatic heterocycles. The van der Waals surface area contributed by atoms with E-state index in [-0.39, 0.29) is 12.4 Å². The number of hydrogen-bond acceptors (Lipinski definition) is 2. The van der Waals surface area contributed by atoms with Gasteiger partial charge in [0.05, 0.1) is 6.20 Å². The summed E-state index contributed by atoms with van der Waals surface area (Å²) < 4.78 is 37.5. The van der Waals surface area contributed by atoms with Crippen molar-refractivity contribution in [2.45, 2.75) is 19.3 Å². The second-order valence-electron chi connectivity index (χ2n) is 3.90. The van der Waals surface area contributed by atoms with Crippen molar-refractivity contribution in [1.82, 2.24) is 9.78 Å². The summed E-state index contributed by atoms with van der Waals surface area (Å²) in [5.74, 6) is 0. The quantitative estimate of drug-likeness (QED) is 0.945. The van der Waals surface area contributed by atoms with Crippen LogP contribution in [0.5, 0.6) is 0 Å². The second-order valence-corrected chi connectivity index (χ2v) is 3.90. The minimum absolute atomic E-state index is 0. The third-order valence-electron chi connectivity index (χ3n) is 2.52. The summed E-state index contributed by atoms with van der Waals surface area (Å²) in [6.45, 7) is -0.752. The highest BCUT2D eigenvalue weighted by Crippen LogP contribution is 2.24. The van der Waals surface area contributed by atoms with Crippen molar-refractivity contribution >= 4 is 12.4 Å². The molecule has 1 aromatic heterocycles. The number of aromatic nitrogens is 2. The number of nitrogens with zero attached hydrogens (tertiary/aromatic N) is 2. The van der Waals surface area contributed by atoms with Crippen LogP contribution >= 0.6 is 12.4 Å². The molecule has 0 atom stereocenters. The highest BCUT2D eigenvalue weighted by Gasteiger charge is 2.28. The van der Waals surface area contributed by atoms with Gasteiger partial charge in [-0.1, -0.05) is 24.3 Å². The minimum Gasteiger partial charge on any atom is -0.326 e. The lowest BCUT2D eigenvalue weighted by Gasteiger charge is -2.06. The minimum atomic E-state index is -4.27. The molecule has 1 heterocycles. The van der Waals surface area contributed by atoms with Crippen molar-refractivity contribution < 1.29 is 13.2 Å². The van der Waals surface area contributed by atoms with Crippen LogP contribution in [0.4, 0.5) is 13.2 Å². The van der Waals surface area contributed by atoms with Gasteiger partial charge in [-0.2, -0.15) is 18.3 Å². The average Bonchev–Trinajstić information content (AvgIpc) is 2.75. The molecule has 0 aliphatic rings. The lowest BCUT2D eigenvalue weighted by Crippen LogP contribution is -2.17. The van der Waals surface area contributed by atoms with Crippen molar-refractivity contribution in [2.24, 2.45) is 5.73 Å². The summed E-state index contributed by atoms with van der Waals surface area (Å²) in [5, 5.41) is 3.71. The summed E-state index contributed by atoms with van der Waals surface area (Å²) in [7, 11) is 0. The second kappa shape index (κ2) is 6.08. The first-order valence-corrected chi connectivity index (χ1v) is 5.37. The van der Waals surface area contributed by atoms with Gasteiger partial charge in [0.15, 0.2) is 0 Å². The molecule has 0 aliphatic carbocycles. The van der Waals surface area contributed by atoms with Gasteiger partial charge < -0.3 is 5.73 Å². The molecule has 0 radical (unpaired) electrons. The number of alkyl halides is 3. The van der Waals surface area contributed by atoms with Crippen LogP contribution in [0.2, 0.25) is 0 Å². The zero-order valence-electron chi connectivity index (χ0n) is 9.89. The van der Waals surface area contributed by atoms with Gasteiger partial charge >= 0.3 is 6.18 Å². The fourth-order valence-electron chi connectivity index (χ4n) is 1.75. The van der Waals surface area contributed by atoms with Gasteiger partial charge in [-0.15, -0.1) is 12.4 Å². The zero-order chi connectivity index (χ0) is 13.2. The molecule has 0 bridgehead atoms. The molecule has 0 saturated carbocycles. The van der Waals surface area contributed by atoms with Crippen LogP contribution in [0.3, 0.4) is 0 Å². The molecule has 2 N–H and O–H groups in total. The molecule has 7 heteroatoms. The fraction of sp³-hybridized carbons (Fsp3) is 0.250. The summed E-state index contributed by atoms with van der Waals surface area (Å²) in [5.41, 5.74) is 7.92. The monoisotopic (exact) mass is 291 g/mol. The standard InChI is InChI=1S/C12H12F3N3.ClH/c13-12(14,15)8-18-7-10(6-17-18)11-4-2-1-3-9(11)5-16;/h1-4,6-7H,5,8,16H2;1H. The van der Waals surface area contributed by atoms with Crippen LogP contribution in [0.25, 0.3) is 11.1 Å². The molecule has 0 amide bonds. The lowest BCUT2D eigenvalue weighted by molar-refractivity contribution is -0.142. The summed E-state index contributed by atoms with van der Waals surface area (Å²) >= 11 is 0. The van der Waals surface area contributed by atoms with Crippen molar-refractivity contribution in [2.75, 3.05) is 0 Å². The van der Waals surface area contributed by atoms with Gasteiger partial charge in [0.1, 0.15) is 6.54 Å². The molecule has 2 rings (SSSR count). The Labute approximate surface area is 114 Å². The van der Waals surface area contributed by atoms with E-state index in [1.807, 2.05) is 24.3 Å². The molecule has 3 nitrogen and oxygen atoms in total. The van der Waals surface area contributed by atoms with Crippen LogP contribution in [0.15, 0.2) is 36.7 Å². The van der Waals surface area contributed by atoms with Crippen LogP contribution in [0, 0.1) is 0 Å². The Morgan fingerprint density at radius 1 is 1.21 bits per heavy atom. The first kappa shape index (κ1) is 15.5. The Balaban J connectivity index is 0.00000180. The fourth-order valence-corrected chi connectivity index (χ4v) is 1.75. The Morgan fingerprint density at radius 2 is 1.89 bits per heavy atom. The predicted octanol–water partition coefficient (Wildman–Crippen LogP) is 2.99. The normalized spacial score (nSPS) is 11.2. The summed E-state index contributed by atoms with van der Waals surface area (Å²) in [6, 6.07) is 7.31. The Kier molecular flexibility index (Phi) is 4.97. The maximum absolute atomic E-state index is 12.2. The third kappa shape index (κ3) is 3.97. The van der Waals surface area contributed by atoms with E-state index in [9.17, 15) is 13.2 Å². The maximum atomic E-state index is 12.2. The first-order valence-electron chi connectivity index (χ1n) is 5.37. The number of hydrogen-bond donors (Lipinski definition) is 1. The molecule has 19 heavy (non-hydrogen) atoms. The highest BCUT2D eigenvalue weighted by atomic mass is 35.5. The van der Waals surface area contributed by atoms with E-state index in [2.05, 4.69) is 5.10 Å². The molecule has 2 aromatic rings. The number of nitrogens with two attached hydrogens (primary N) is 1. The van der Waals surface area contributed by atoms with E-state index in [4.69, 9.17) is 5.73 Å². The topological polar surface area (TPSA) is 43.8 Å². The van der Waals surface area contributed by atoms with E-state index >= 15 is 0 Å². The zero-order valence-corrected chi connectivity index (χ0v) is 10.7. The SMILES string of the molecule is Cl.NCc1ccccc1-c1cnn(CC(F)(F)F)c1. The number of halogens is 4. The Morgan fingerprint density at radius 3 is 2.53 bits per heavy atom. The van der Waals surface area contributed by atoms with Crippen molar-refractivity contribution in [3.05, 3.63) is 42.2 Å². The molecule has 0 fully saturated rings. The summed E-state index contributed by atoms with van der Waals surface area (Å²) in [4.78, 5) is 0. The molecule has 0 unspecified atom stereocenters. The number of benzene rings is 1. The third-order valence-corrected chi connectivity index (χ3v) is 2.52. The van der Waals surface area contributed by atoms with E-state index in [1.54, 1.807) is 0 Å². The molecule has 0 saturated heterocycles. The lowest BCUT2D eigenvalue weighted by atomic mass is 10.0. The van der Waals surface area contributed by atoms with Crippen molar-refractivity contribution in [3.63, 3.8) is 0 Å². The van der Waals surface area contributed by atoms with Gasteiger partial charge in [0, 0.05) is 18.3 Å².